The summed E-state index contributed by atoms with van der Waals surface area (Å²) in [5.74, 6) is -0.334. The van der Waals surface area contributed by atoms with Gasteiger partial charge in [0.05, 0.1) is 6.10 Å². The maximum absolute atomic E-state index is 12.9. The van der Waals surface area contributed by atoms with Crippen molar-refractivity contribution in [3.8, 4) is 0 Å². The van der Waals surface area contributed by atoms with Crippen LogP contribution in [0.4, 0.5) is 4.39 Å². The van der Waals surface area contributed by atoms with E-state index in [1.54, 1.807) is 13.2 Å². The Labute approximate surface area is 97.2 Å². The summed E-state index contributed by atoms with van der Waals surface area (Å²) in [7, 11) is 1.62. The third kappa shape index (κ3) is 3.89. The number of benzene rings is 1. The molecule has 2 nitrogen and oxygen atoms in total. The first-order valence-electron chi connectivity index (χ1n) is 4.77. The van der Waals surface area contributed by atoms with Crippen LogP contribution in [0.3, 0.4) is 0 Å². The molecule has 1 unspecified atom stereocenters. The zero-order chi connectivity index (χ0) is 11.3. The number of hydrogen-bond acceptors (Lipinski definition) is 2. The average molecular weight is 277 g/mol. The normalized spacial score (nSPS) is 12.8. The molecule has 0 aliphatic carbocycles. The van der Waals surface area contributed by atoms with Crippen molar-refractivity contribution >= 4 is 15.9 Å². The molecule has 0 aliphatic heterocycles. The first kappa shape index (κ1) is 12.6. The Bertz CT molecular complexity index is 317. The van der Waals surface area contributed by atoms with Crippen molar-refractivity contribution in [2.75, 3.05) is 13.7 Å². The van der Waals surface area contributed by atoms with Crippen LogP contribution >= 0.6 is 15.9 Å². The van der Waals surface area contributed by atoms with Gasteiger partial charge in [0.15, 0.2) is 0 Å². The quantitative estimate of drug-likeness (QED) is 0.838. The topological polar surface area (TPSA) is 29.5 Å². The lowest BCUT2D eigenvalue weighted by atomic mass is 10.1. The molecule has 0 amide bonds. The summed E-state index contributed by atoms with van der Waals surface area (Å²) >= 11 is 3.28. The minimum atomic E-state index is -0.648. The molecule has 1 N–H and O–H groups in total. The smallest absolute Gasteiger partial charge is 0.123 e. The van der Waals surface area contributed by atoms with Gasteiger partial charge in [-0.2, -0.15) is 0 Å². The molecule has 1 aromatic rings. The molecule has 84 valence electrons. The highest BCUT2D eigenvalue weighted by atomic mass is 79.9. The fraction of sp³-hybridized carbons (Fsp3) is 0.455. The third-order valence-electron chi connectivity index (χ3n) is 2.14. The van der Waals surface area contributed by atoms with Gasteiger partial charge in [0, 0.05) is 18.2 Å². The Balaban J connectivity index is 2.64. The van der Waals surface area contributed by atoms with Gasteiger partial charge in [0.25, 0.3) is 0 Å². The number of methoxy groups -OCH3 is 1. The second-order valence-electron chi connectivity index (χ2n) is 3.32. The van der Waals surface area contributed by atoms with E-state index in [9.17, 15) is 9.50 Å². The Morgan fingerprint density at radius 3 is 2.93 bits per heavy atom. The van der Waals surface area contributed by atoms with E-state index in [2.05, 4.69) is 15.9 Å². The summed E-state index contributed by atoms with van der Waals surface area (Å²) in [5.41, 5.74) is 0.589. The fourth-order valence-electron chi connectivity index (χ4n) is 1.35. The molecule has 1 atom stereocenters. The van der Waals surface area contributed by atoms with Gasteiger partial charge < -0.3 is 9.84 Å². The third-order valence-corrected chi connectivity index (χ3v) is 2.87. The van der Waals surface area contributed by atoms with Crippen LogP contribution in [0.1, 0.15) is 24.5 Å². The van der Waals surface area contributed by atoms with Crippen LogP contribution in [0.15, 0.2) is 22.7 Å². The molecule has 0 spiro atoms. The minimum absolute atomic E-state index is 0.334. The number of rotatable bonds is 5. The second kappa shape index (κ2) is 6.20. The van der Waals surface area contributed by atoms with Gasteiger partial charge in [-0.1, -0.05) is 15.9 Å². The number of aliphatic hydroxyl groups excluding tert-OH is 1. The zero-order valence-electron chi connectivity index (χ0n) is 8.54. The Morgan fingerprint density at radius 1 is 1.53 bits per heavy atom. The number of hydrogen-bond donors (Lipinski definition) is 1. The summed E-state index contributed by atoms with van der Waals surface area (Å²) in [6.07, 6.45) is 0.668. The molecular weight excluding hydrogens is 263 g/mol. The predicted molar refractivity (Wildman–Crippen MR) is 60.2 cm³/mol. The summed E-state index contributed by atoms with van der Waals surface area (Å²) in [4.78, 5) is 0. The van der Waals surface area contributed by atoms with Gasteiger partial charge in [-0.05, 0) is 36.6 Å². The first-order valence-corrected chi connectivity index (χ1v) is 5.56. The molecule has 0 bridgehead atoms. The summed E-state index contributed by atoms with van der Waals surface area (Å²) in [5, 5.41) is 9.80. The highest BCUT2D eigenvalue weighted by Gasteiger charge is 2.11. The van der Waals surface area contributed by atoms with Crippen LogP contribution in [-0.4, -0.2) is 18.8 Å². The molecule has 0 saturated carbocycles. The second-order valence-corrected chi connectivity index (χ2v) is 4.17. The Hall–Kier alpha value is -0.450. The number of halogens is 2. The lowest BCUT2D eigenvalue weighted by Gasteiger charge is -2.12. The Kier molecular flexibility index (Phi) is 5.22. The van der Waals surface area contributed by atoms with Crippen molar-refractivity contribution in [3.63, 3.8) is 0 Å². The van der Waals surface area contributed by atoms with Crippen molar-refractivity contribution in [1.82, 2.24) is 0 Å². The van der Waals surface area contributed by atoms with E-state index in [-0.39, 0.29) is 5.82 Å². The maximum atomic E-state index is 12.9. The van der Waals surface area contributed by atoms with E-state index < -0.39 is 6.10 Å². The first-order chi connectivity index (χ1) is 7.15. The van der Waals surface area contributed by atoms with E-state index >= 15 is 0 Å². The molecule has 0 aliphatic rings. The van der Waals surface area contributed by atoms with Crippen LogP contribution in [0.2, 0.25) is 0 Å². The van der Waals surface area contributed by atoms with E-state index in [1.165, 1.54) is 12.1 Å². The van der Waals surface area contributed by atoms with Gasteiger partial charge in [-0.15, -0.1) is 0 Å². The number of aliphatic hydroxyl groups is 1. The largest absolute Gasteiger partial charge is 0.388 e. The molecule has 15 heavy (non-hydrogen) atoms. The standard InChI is InChI=1S/C11H14BrFO2/c1-15-6-2-3-11(14)9-7-8(13)4-5-10(9)12/h4-5,7,11,14H,2-3,6H2,1H3. The monoisotopic (exact) mass is 276 g/mol. The molecule has 0 fully saturated rings. The Morgan fingerprint density at radius 2 is 2.27 bits per heavy atom. The SMILES string of the molecule is COCCCC(O)c1cc(F)ccc1Br. The van der Waals surface area contributed by atoms with Crippen LogP contribution in [0.5, 0.6) is 0 Å². The lowest BCUT2D eigenvalue weighted by molar-refractivity contribution is 0.135. The van der Waals surface area contributed by atoms with Gasteiger partial charge in [-0.25, -0.2) is 4.39 Å². The highest BCUT2D eigenvalue weighted by molar-refractivity contribution is 9.10. The van der Waals surface area contributed by atoms with Crippen molar-refractivity contribution < 1.29 is 14.2 Å². The van der Waals surface area contributed by atoms with Gasteiger partial charge in [0.1, 0.15) is 5.82 Å². The van der Waals surface area contributed by atoms with Crippen molar-refractivity contribution in [2.45, 2.75) is 18.9 Å². The molecule has 0 aromatic heterocycles. The van der Waals surface area contributed by atoms with Gasteiger partial charge >= 0.3 is 0 Å². The molecule has 1 aromatic carbocycles. The van der Waals surface area contributed by atoms with E-state index in [4.69, 9.17) is 4.74 Å². The predicted octanol–water partition coefficient (Wildman–Crippen LogP) is 3.05. The molecule has 0 saturated heterocycles. The summed E-state index contributed by atoms with van der Waals surface area (Å²) in [6, 6.07) is 4.31. The minimum Gasteiger partial charge on any atom is -0.388 e. The average Bonchev–Trinajstić information content (AvgIpc) is 2.22. The maximum Gasteiger partial charge on any atom is 0.123 e. The fourth-order valence-corrected chi connectivity index (χ4v) is 1.86. The van der Waals surface area contributed by atoms with E-state index in [1.807, 2.05) is 0 Å². The van der Waals surface area contributed by atoms with Crippen LogP contribution in [0.25, 0.3) is 0 Å². The molecule has 0 radical (unpaired) electrons. The lowest BCUT2D eigenvalue weighted by Crippen LogP contribution is -2.01. The van der Waals surface area contributed by atoms with Crippen molar-refractivity contribution in [3.05, 3.63) is 34.1 Å². The summed E-state index contributed by atoms with van der Waals surface area (Å²) in [6.45, 7) is 0.601. The van der Waals surface area contributed by atoms with Crippen LogP contribution in [0, 0.1) is 5.82 Å². The zero-order valence-corrected chi connectivity index (χ0v) is 10.1. The molecule has 4 heteroatoms. The summed E-state index contributed by atoms with van der Waals surface area (Å²) < 4.78 is 18.6. The van der Waals surface area contributed by atoms with Crippen LogP contribution < -0.4 is 0 Å². The molecule has 1 rings (SSSR count). The van der Waals surface area contributed by atoms with E-state index in [0.29, 0.717) is 18.6 Å². The van der Waals surface area contributed by atoms with Crippen molar-refractivity contribution in [1.29, 1.82) is 0 Å². The van der Waals surface area contributed by atoms with Crippen LogP contribution in [-0.2, 0) is 4.74 Å². The van der Waals surface area contributed by atoms with E-state index in [0.717, 1.165) is 10.9 Å². The molecule has 0 heterocycles. The van der Waals surface area contributed by atoms with Crippen molar-refractivity contribution in [2.24, 2.45) is 0 Å². The molecular formula is C11H14BrFO2. The number of ether oxygens (including phenoxy) is 1. The highest BCUT2D eigenvalue weighted by Crippen LogP contribution is 2.27. The van der Waals surface area contributed by atoms with Gasteiger partial charge in [-0.3, -0.25) is 0 Å². The van der Waals surface area contributed by atoms with Gasteiger partial charge in [0.2, 0.25) is 0 Å².